The zero-order valence-corrected chi connectivity index (χ0v) is 34.8. The number of hydrogen-bond donors (Lipinski definition) is 4. The fourth-order valence-corrected chi connectivity index (χ4v) is 5.64. The van der Waals surface area contributed by atoms with Gasteiger partial charge in [-0.2, -0.15) is 30.7 Å². The Morgan fingerprint density at radius 3 is 1.87 bits per heavy atom. The lowest BCUT2D eigenvalue weighted by Crippen LogP contribution is -2.59. The molecular weight excluding hydrogens is 861 g/mol. The topological polar surface area (TPSA) is 178 Å². The standard InChI is InChI=1S/C41H44ClF7N4O9/c1-22(2)31(33(55)41(48,49)36(58)50-21-39(43,44)45)52-35(57)32(24-12-16-27(60-6)17-13-24)53-34(56)29(51-37(59)40(46,47)25-8-7-9-26(42)19-25)18-23-10-14-28(15-11-23)61-20-30(54)62-38(3,4)5/h7-17,19,22,29,31-32H,18,20-21H2,1-6H3,(H,50,58)(H,51,59)(H,52,57)(H,53,56)/t29?,31-,32?/m0/s1. The largest absolute Gasteiger partial charge is 0.497 e. The highest BCUT2D eigenvalue weighted by molar-refractivity contribution is 6.30. The second kappa shape index (κ2) is 20.8. The molecular formula is C41H44ClF7N4O9. The van der Waals surface area contributed by atoms with Crippen molar-refractivity contribution in [2.45, 2.75) is 82.8 Å². The van der Waals surface area contributed by atoms with Gasteiger partial charge in [-0.1, -0.05) is 61.8 Å². The number of ether oxygens (including phenoxy) is 3. The molecule has 0 aliphatic rings. The average molecular weight is 905 g/mol. The van der Waals surface area contributed by atoms with Gasteiger partial charge in [0.05, 0.1) is 13.2 Å². The molecule has 3 aromatic rings. The van der Waals surface area contributed by atoms with Gasteiger partial charge in [-0.15, -0.1) is 0 Å². The van der Waals surface area contributed by atoms with Crippen molar-refractivity contribution < 1.29 is 73.7 Å². The average Bonchev–Trinajstić information content (AvgIpc) is 3.18. The molecule has 0 saturated heterocycles. The maximum absolute atomic E-state index is 15.6. The molecule has 62 heavy (non-hydrogen) atoms. The molecule has 21 heteroatoms. The van der Waals surface area contributed by atoms with E-state index in [0.717, 1.165) is 23.5 Å². The summed E-state index contributed by atoms with van der Waals surface area (Å²) in [7, 11) is 1.30. The highest BCUT2D eigenvalue weighted by Gasteiger charge is 2.52. The van der Waals surface area contributed by atoms with Crippen molar-refractivity contribution in [2.24, 2.45) is 5.92 Å². The lowest BCUT2D eigenvalue weighted by molar-refractivity contribution is -0.165. The predicted molar refractivity (Wildman–Crippen MR) is 208 cm³/mol. The van der Waals surface area contributed by atoms with Gasteiger partial charge < -0.3 is 35.5 Å². The van der Waals surface area contributed by atoms with Crippen molar-refractivity contribution in [3.05, 3.63) is 94.5 Å². The van der Waals surface area contributed by atoms with E-state index >= 15 is 17.6 Å². The number of rotatable bonds is 19. The number of esters is 1. The lowest BCUT2D eigenvalue weighted by Gasteiger charge is -2.29. The van der Waals surface area contributed by atoms with Crippen LogP contribution in [0.5, 0.6) is 11.5 Å². The van der Waals surface area contributed by atoms with Gasteiger partial charge in [0.1, 0.15) is 35.7 Å². The van der Waals surface area contributed by atoms with E-state index in [9.17, 15) is 41.9 Å². The number of carbonyl (C=O) groups excluding carboxylic acids is 6. The number of hydrogen-bond acceptors (Lipinski definition) is 9. The molecule has 0 spiro atoms. The number of benzene rings is 3. The first-order chi connectivity index (χ1) is 28.6. The molecule has 13 nitrogen and oxygen atoms in total. The Bertz CT molecular complexity index is 2080. The van der Waals surface area contributed by atoms with Gasteiger partial charge in [-0.25, -0.2) is 4.79 Å². The van der Waals surface area contributed by atoms with Gasteiger partial charge in [0.15, 0.2) is 6.61 Å². The summed E-state index contributed by atoms with van der Waals surface area (Å²) in [6, 6.07) is 8.70. The fraction of sp³-hybridized carbons (Fsp3) is 0.415. The van der Waals surface area contributed by atoms with E-state index in [1.165, 1.54) is 75.6 Å². The number of amides is 4. The van der Waals surface area contributed by atoms with E-state index in [1.54, 1.807) is 20.8 Å². The van der Waals surface area contributed by atoms with Crippen LogP contribution in [0.3, 0.4) is 0 Å². The molecule has 3 rings (SSSR count). The van der Waals surface area contributed by atoms with Gasteiger partial charge in [0.2, 0.25) is 17.6 Å². The molecule has 0 saturated carbocycles. The van der Waals surface area contributed by atoms with Crippen LogP contribution >= 0.6 is 11.6 Å². The normalized spacial score (nSPS) is 13.5. The molecule has 0 radical (unpaired) electrons. The Hall–Kier alpha value is -5.92. The van der Waals surface area contributed by atoms with Gasteiger partial charge >= 0.3 is 24.0 Å². The summed E-state index contributed by atoms with van der Waals surface area (Å²) in [4.78, 5) is 78.5. The fourth-order valence-electron chi connectivity index (χ4n) is 5.45. The quantitative estimate of drug-likeness (QED) is 0.0661. The third-order valence-corrected chi connectivity index (χ3v) is 8.76. The van der Waals surface area contributed by atoms with E-state index < -0.39 is 108 Å². The number of alkyl halides is 7. The molecule has 3 atom stereocenters. The smallest absolute Gasteiger partial charge is 0.405 e. The maximum Gasteiger partial charge on any atom is 0.405 e. The molecule has 2 unspecified atom stereocenters. The number of methoxy groups -OCH3 is 1. The van der Waals surface area contributed by atoms with Crippen LogP contribution in [0.15, 0.2) is 72.8 Å². The van der Waals surface area contributed by atoms with Crippen LogP contribution in [0.4, 0.5) is 30.7 Å². The Morgan fingerprint density at radius 1 is 0.742 bits per heavy atom. The van der Waals surface area contributed by atoms with Crippen LogP contribution < -0.4 is 30.7 Å². The summed E-state index contributed by atoms with van der Waals surface area (Å²) in [5, 5.41) is 7.08. The van der Waals surface area contributed by atoms with Gasteiger partial charge in [-0.05, 0) is 74.2 Å². The number of Topliss-reactive ketones (excluding diaryl/α,β-unsaturated/α-hetero) is 1. The minimum absolute atomic E-state index is 0.0953. The van der Waals surface area contributed by atoms with E-state index in [-0.39, 0.29) is 27.6 Å². The summed E-state index contributed by atoms with van der Waals surface area (Å²) in [5.41, 5.74) is -1.49. The van der Waals surface area contributed by atoms with E-state index in [1.807, 2.05) is 10.6 Å². The van der Waals surface area contributed by atoms with Crippen molar-refractivity contribution in [2.75, 3.05) is 20.3 Å². The van der Waals surface area contributed by atoms with Crippen LogP contribution in [-0.4, -0.2) is 85.4 Å². The highest BCUT2D eigenvalue weighted by Crippen LogP contribution is 2.31. The van der Waals surface area contributed by atoms with E-state index in [4.69, 9.17) is 25.8 Å². The SMILES string of the molecule is COc1ccc(C(NC(=O)C(Cc2ccc(OCC(=O)OC(C)(C)C)cc2)NC(=O)C(F)(F)c2cccc(Cl)c2)C(=O)N[C@H](C(=O)C(F)(F)C(=O)NCC(F)(F)F)C(C)C)cc1. The maximum atomic E-state index is 15.6. The first-order valence-electron chi connectivity index (χ1n) is 18.5. The number of nitrogens with one attached hydrogen (secondary N) is 4. The van der Waals surface area contributed by atoms with Crippen LogP contribution in [0.25, 0.3) is 0 Å². The predicted octanol–water partition coefficient (Wildman–Crippen LogP) is 5.77. The highest BCUT2D eigenvalue weighted by atomic mass is 35.5. The van der Waals surface area contributed by atoms with Crippen LogP contribution in [0, 0.1) is 5.92 Å². The molecule has 0 bridgehead atoms. The second-order valence-electron chi connectivity index (χ2n) is 15.0. The van der Waals surface area contributed by atoms with Gasteiger partial charge in [-0.3, -0.25) is 24.0 Å². The minimum Gasteiger partial charge on any atom is -0.497 e. The Balaban J connectivity index is 2.00. The molecule has 4 amide bonds. The van der Waals surface area contributed by atoms with Crippen molar-refractivity contribution >= 4 is 47.0 Å². The molecule has 4 N–H and O–H groups in total. The van der Waals surface area contributed by atoms with Crippen LogP contribution in [0.2, 0.25) is 5.02 Å². The van der Waals surface area contributed by atoms with Gasteiger partial charge in [0.25, 0.3) is 11.8 Å². The molecule has 3 aromatic carbocycles. The second-order valence-corrected chi connectivity index (χ2v) is 15.5. The van der Waals surface area contributed by atoms with Crippen molar-refractivity contribution in [3.63, 3.8) is 0 Å². The van der Waals surface area contributed by atoms with Crippen LogP contribution in [0.1, 0.15) is 57.4 Å². The van der Waals surface area contributed by atoms with Crippen molar-refractivity contribution in [3.8, 4) is 11.5 Å². The van der Waals surface area contributed by atoms with Crippen molar-refractivity contribution in [1.29, 1.82) is 0 Å². The molecule has 0 aliphatic carbocycles. The first-order valence-corrected chi connectivity index (χ1v) is 18.9. The Kier molecular flexibility index (Phi) is 16.9. The summed E-state index contributed by atoms with van der Waals surface area (Å²) in [5.74, 6) is -20.4. The number of halogens is 8. The third-order valence-electron chi connectivity index (χ3n) is 8.52. The number of carbonyl (C=O) groups is 6. The molecule has 0 aromatic heterocycles. The zero-order chi connectivity index (χ0) is 46.8. The summed E-state index contributed by atoms with van der Waals surface area (Å²) < 4.78 is 115. The Morgan fingerprint density at radius 2 is 1.34 bits per heavy atom. The van der Waals surface area contributed by atoms with Gasteiger partial charge in [0, 0.05) is 17.0 Å². The number of ketones is 1. The lowest BCUT2D eigenvalue weighted by atomic mass is 9.94. The zero-order valence-electron chi connectivity index (χ0n) is 34.1. The summed E-state index contributed by atoms with van der Waals surface area (Å²) in [6.45, 7) is 4.65. The van der Waals surface area contributed by atoms with E-state index in [2.05, 4.69) is 5.32 Å². The summed E-state index contributed by atoms with van der Waals surface area (Å²) >= 11 is 5.88. The molecule has 338 valence electrons. The van der Waals surface area contributed by atoms with E-state index in [0.29, 0.717) is 0 Å². The van der Waals surface area contributed by atoms with Crippen molar-refractivity contribution in [1.82, 2.24) is 21.3 Å². The first kappa shape index (κ1) is 50.4. The van der Waals surface area contributed by atoms with Crippen LogP contribution in [-0.2, 0) is 45.8 Å². The molecule has 0 aliphatic heterocycles. The third kappa shape index (κ3) is 14.6. The summed E-state index contributed by atoms with van der Waals surface area (Å²) in [6.07, 6.45) is -5.63. The minimum atomic E-state index is -5.10. The molecule has 0 heterocycles. The Labute approximate surface area is 356 Å². The molecule has 0 fully saturated rings. The monoisotopic (exact) mass is 904 g/mol.